The molecule has 0 atom stereocenters. The van der Waals surface area contributed by atoms with E-state index in [9.17, 15) is 9.59 Å². The number of amides is 1. The summed E-state index contributed by atoms with van der Waals surface area (Å²) in [4.78, 5) is 22.8. The third-order valence-corrected chi connectivity index (χ3v) is 3.78. The summed E-state index contributed by atoms with van der Waals surface area (Å²) in [5, 5.41) is 9.20. The molecule has 0 bridgehead atoms. The highest BCUT2D eigenvalue weighted by Crippen LogP contribution is 2.09. The van der Waals surface area contributed by atoms with Crippen LogP contribution in [-0.2, 0) is 9.53 Å². The van der Waals surface area contributed by atoms with Gasteiger partial charge in [-0.25, -0.2) is 0 Å². The summed E-state index contributed by atoms with van der Waals surface area (Å²) < 4.78 is 4.46. The van der Waals surface area contributed by atoms with E-state index in [1.807, 2.05) is 0 Å². The lowest BCUT2D eigenvalue weighted by Crippen LogP contribution is -2.30. The van der Waals surface area contributed by atoms with Gasteiger partial charge in [-0.2, -0.15) is 11.8 Å². The minimum Gasteiger partial charge on any atom is -0.468 e. The normalized spacial score (nSPS) is 9.83. The van der Waals surface area contributed by atoms with Gasteiger partial charge in [0.2, 0.25) is 0 Å². The molecule has 1 amide bonds. The molecular formula is C15H21N3O3S2. The fraction of sp³-hybridized carbons (Fsp3) is 0.400. The number of anilines is 1. The maximum atomic E-state index is 11.8. The van der Waals surface area contributed by atoms with Crippen molar-refractivity contribution in [1.82, 2.24) is 10.6 Å². The van der Waals surface area contributed by atoms with Gasteiger partial charge in [-0.1, -0.05) is 0 Å². The van der Waals surface area contributed by atoms with Crippen molar-refractivity contribution >= 4 is 46.7 Å². The number of thiocarbonyl (C=S) groups is 1. The Kier molecular flexibility index (Phi) is 9.08. The number of hydrogen-bond acceptors (Lipinski definition) is 5. The SMILES string of the molecule is COC(=O)CNC(=O)c1ccc(NC(=S)NCCCSC)cc1. The van der Waals surface area contributed by atoms with Gasteiger partial charge in [-0.3, -0.25) is 9.59 Å². The third kappa shape index (κ3) is 7.85. The summed E-state index contributed by atoms with van der Waals surface area (Å²) in [7, 11) is 1.27. The molecule has 1 aromatic carbocycles. The molecule has 0 aromatic heterocycles. The molecule has 0 aliphatic heterocycles. The molecule has 0 aliphatic carbocycles. The quantitative estimate of drug-likeness (QED) is 0.371. The van der Waals surface area contributed by atoms with Crippen LogP contribution in [-0.4, -0.2) is 49.2 Å². The van der Waals surface area contributed by atoms with Crippen LogP contribution in [0.15, 0.2) is 24.3 Å². The molecule has 0 fully saturated rings. The van der Waals surface area contributed by atoms with Gasteiger partial charge >= 0.3 is 5.97 Å². The molecule has 0 saturated carbocycles. The molecule has 23 heavy (non-hydrogen) atoms. The molecule has 3 N–H and O–H groups in total. The van der Waals surface area contributed by atoms with Crippen LogP contribution in [0.4, 0.5) is 5.69 Å². The van der Waals surface area contributed by atoms with Crippen LogP contribution in [0.3, 0.4) is 0 Å². The first-order valence-corrected chi connectivity index (χ1v) is 8.86. The Bertz CT molecular complexity index is 535. The van der Waals surface area contributed by atoms with Gasteiger partial charge in [0.05, 0.1) is 7.11 Å². The maximum Gasteiger partial charge on any atom is 0.325 e. The van der Waals surface area contributed by atoms with Crippen LogP contribution < -0.4 is 16.0 Å². The summed E-state index contributed by atoms with van der Waals surface area (Å²) in [5.74, 6) is 0.264. The van der Waals surface area contributed by atoms with Gasteiger partial charge in [-0.05, 0) is 54.9 Å². The highest BCUT2D eigenvalue weighted by molar-refractivity contribution is 7.98. The third-order valence-electron chi connectivity index (χ3n) is 2.84. The Morgan fingerprint density at radius 3 is 2.52 bits per heavy atom. The first-order valence-electron chi connectivity index (χ1n) is 7.05. The zero-order valence-electron chi connectivity index (χ0n) is 13.2. The van der Waals surface area contributed by atoms with Crippen molar-refractivity contribution in [3.8, 4) is 0 Å². The molecule has 126 valence electrons. The number of nitrogens with one attached hydrogen (secondary N) is 3. The van der Waals surface area contributed by atoms with Crippen molar-refractivity contribution in [2.75, 3.05) is 37.5 Å². The first-order chi connectivity index (χ1) is 11.1. The van der Waals surface area contributed by atoms with E-state index in [2.05, 4.69) is 26.9 Å². The predicted molar refractivity (Wildman–Crippen MR) is 98.0 cm³/mol. The van der Waals surface area contributed by atoms with E-state index in [1.54, 1.807) is 36.0 Å². The van der Waals surface area contributed by atoms with Crippen LogP contribution in [0.2, 0.25) is 0 Å². The Hall–Kier alpha value is -1.80. The number of thioether (sulfide) groups is 1. The van der Waals surface area contributed by atoms with Gasteiger partial charge < -0.3 is 20.7 Å². The summed E-state index contributed by atoms with van der Waals surface area (Å²) in [6.07, 6.45) is 3.11. The average molecular weight is 355 g/mol. The van der Waals surface area contributed by atoms with Crippen LogP contribution in [0.25, 0.3) is 0 Å². The fourth-order valence-corrected chi connectivity index (χ4v) is 2.28. The number of methoxy groups -OCH3 is 1. The van der Waals surface area contributed by atoms with Crippen molar-refractivity contribution in [1.29, 1.82) is 0 Å². The van der Waals surface area contributed by atoms with E-state index in [4.69, 9.17) is 12.2 Å². The fourth-order valence-electron chi connectivity index (χ4n) is 1.63. The zero-order chi connectivity index (χ0) is 17.1. The van der Waals surface area contributed by atoms with Crippen molar-refractivity contribution < 1.29 is 14.3 Å². The van der Waals surface area contributed by atoms with E-state index < -0.39 is 5.97 Å². The lowest BCUT2D eigenvalue weighted by atomic mass is 10.2. The van der Waals surface area contributed by atoms with Crippen molar-refractivity contribution in [2.45, 2.75) is 6.42 Å². The molecule has 0 saturated heterocycles. The van der Waals surface area contributed by atoms with Gasteiger partial charge in [-0.15, -0.1) is 0 Å². The number of carbonyl (C=O) groups is 2. The smallest absolute Gasteiger partial charge is 0.325 e. The minimum atomic E-state index is -0.491. The van der Waals surface area contributed by atoms with E-state index in [0.717, 1.165) is 24.4 Å². The Morgan fingerprint density at radius 2 is 1.91 bits per heavy atom. The topological polar surface area (TPSA) is 79.5 Å². The number of esters is 1. The monoisotopic (exact) mass is 355 g/mol. The molecule has 0 spiro atoms. The minimum absolute atomic E-state index is 0.153. The van der Waals surface area contributed by atoms with Gasteiger partial charge in [0.25, 0.3) is 5.91 Å². The number of rotatable bonds is 8. The molecular weight excluding hydrogens is 334 g/mol. The van der Waals surface area contributed by atoms with E-state index in [-0.39, 0.29) is 12.5 Å². The van der Waals surface area contributed by atoms with Gasteiger partial charge in [0.1, 0.15) is 6.54 Å². The highest BCUT2D eigenvalue weighted by Gasteiger charge is 2.08. The standard InChI is InChI=1S/C15H21N3O3S2/c1-21-13(19)10-17-14(20)11-4-6-12(7-5-11)18-15(22)16-8-3-9-23-2/h4-7H,3,8-10H2,1-2H3,(H,17,20)(H2,16,18,22). The van der Waals surface area contributed by atoms with Gasteiger partial charge in [0, 0.05) is 17.8 Å². The number of ether oxygens (including phenoxy) is 1. The van der Waals surface area contributed by atoms with E-state index >= 15 is 0 Å². The largest absolute Gasteiger partial charge is 0.468 e. The van der Waals surface area contributed by atoms with Crippen LogP contribution in [0.5, 0.6) is 0 Å². The summed E-state index contributed by atoms with van der Waals surface area (Å²) in [5.41, 5.74) is 1.25. The average Bonchev–Trinajstić information content (AvgIpc) is 2.57. The molecule has 1 rings (SSSR count). The molecule has 0 unspecified atom stereocenters. The van der Waals surface area contributed by atoms with E-state index in [1.165, 1.54) is 7.11 Å². The predicted octanol–water partition coefficient (Wildman–Crippen LogP) is 1.63. The lowest BCUT2D eigenvalue weighted by Gasteiger charge is -2.10. The molecule has 6 nitrogen and oxygen atoms in total. The van der Waals surface area contributed by atoms with Crippen molar-refractivity contribution in [2.24, 2.45) is 0 Å². The number of benzene rings is 1. The highest BCUT2D eigenvalue weighted by atomic mass is 32.2. The summed E-state index contributed by atoms with van der Waals surface area (Å²) in [6.45, 7) is 0.667. The molecule has 8 heteroatoms. The zero-order valence-corrected chi connectivity index (χ0v) is 14.8. The second kappa shape index (κ2) is 10.8. The first kappa shape index (κ1) is 19.2. The van der Waals surface area contributed by atoms with Crippen LogP contribution in [0, 0.1) is 0 Å². The molecule has 0 aliphatic rings. The lowest BCUT2D eigenvalue weighted by molar-refractivity contribution is -0.139. The number of carbonyl (C=O) groups excluding carboxylic acids is 2. The summed E-state index contributed by atoms with van der Waals surface area (Å²) >= 11 is 6.99. The Balaban J connectivity index is 2.42. The van der Waals surface area contributed by atoms with Gasteiger partial charge in [0.15, 0.2) is 5.11 Å². The van der Waals surface area contributed by atoms with E-state index in [0.29, 0.717) is 10.7 Å². The van der Waals surface area contributed by atoms with Crippen LogP contribution in [0.1, 0.15) is 16.8 Å². The van der Waals surface area contributed by atoms with Crippen molar-refractivity contribution in [3.05, 3.63) is 29.8 Å². The van der Waals surface area contributed by atoms with Crippen molar-refractivity contribution in [3.63, 3.8) is 0 Å². The number of hydrogen-bond donors (Lipinski definition) is 3. The van der Waals surface area contributed by atoms with Crippen LogP contribution >= 0.6 is 24.0 Å². The molecule has 0 heterocycles. The maximum absolute atomic E-state index is 11.8. The molecule has 1 aromatic rings. The summed E-state index contributed by atoms with van der Waals surface area (Å²) in [6, 6.07) is 6.82. The Morgan fingerprint density at radius 1 is 1.22 bits per heavy atom. The Labute approximate surface area is 145 Å². The second-order valence-corrected chi connectivity index (χ2v) is 5.96. The molecule has 0 radical (unpaired) electrons. The second-order valence-electron chi connectivity index (χ2n) is 4.56.